The first-order valence-corrected chi connectivity index (χ1v) is 9.32. The number of halogens is 1. The minimum atomic E-state index is -0.289. The van der Waals surface area contributed by atoms with E-state index in [0.717, 1.165) is 24.0 Å². The van der Waals surface area contributed by atoms with Crippen molar-refractivity contribution in [2.75, 3.05) is 5.32 Å². The maximum atomic E-state index is 13.3. The molecule has 0 atom stereocenters. The number of urea groups is 1. The van der Waals surface area contributed by atoms with E-state index in [9.17, 15) is 14.0 Å². The van der Waals surface area contributed by atoms with Crippen LogP contribution in [0.4, 0.5) is 14.9 Å². The van der Waals surface area contributed by atoms with Gasteiger partial charge in [0, 0.05) is 30.4 Å². The van der Waals surface area contributed by atoms with Crippen molar-refractivity contribution in [1.82, 2.24) is 10.2 Å². The number of benzene rings is 2. The molecule has 5 nitrogen and oxygen atoms in total. The number of carbonyl (C=O) groups excluding carboxylic acids is 2. The second kappa shape index (κ2) is 7.39. The molecule has 27 heavy (non-hydrogen) atoms. The number of amides is 3. The van der Waals surface area contributed by atoms with E-state index in [4.69, 9.17) is 0 Å². The minimum absolute atomic E-state index is 0.0724. The topological polar surface area (TPSA) is 61.4 Å². The summed E-state index contributed by atoms with van der Waals surface area (Å²) >= 11 is 0. The minimum Gasteiger partial charge on any atom is -0.349 e. The third-order valence-corrected chi connectivity index (χ3v) is 5.27. The molecule has 1 aliphatic heterocycles. The zero-order valence-corrected chi connectivity index (χ0v) is 15.0. The van der Waals surface area contributed by atoms with E-state index in [1.54, 1.807) is 35.2 Å². The molecule has 0 saturated heterocycles. The molecule has 140 valence electrons. The quantitative estimate of drug-likeness (QED) is 0.860. The smallest absolute Gasteiger partial charge is 0.322 e. The lowest BCUT2D eigenvalue weighted by Gasteiger charge is -2.17. The molecular weight excluding hydrogens is 345 g/mol. The Bertz CT molecular complexity index is 860. The summed E-state index contributed by atoms with van der Waals surface area (Å²) in [4.78, 5) is 26.3. The second-order valence-electron chi connectivity index (χ2n) is 7.23. The standard InChI is InChI=1S/C21H22FN3O2/c22-17-8-5-15-12-25(13-16(15)11-17)21(27)24-19-9-6-14(7-10-19)20(26)23-18-3-1-2-4-18/h5-11,18H,1-4,12-13H2,(H,23,26)(H,24,27). The normalized spacial score (nSPS) is 16.3. The third-order valence-electron chi connectivity index (χ3n) is 5.27. The van der Waals surface area contributed by atoms with E-state index < -0.39 is 0 Å². The zero-order valence-electron chi connectivity index (χ0n) is 15.0. The van der Waals surface area contributed by atoms with Crippen molar-refractivity contribution in [3.63, 3.8) is 0 Å². The van der Waals surface area contributed by atoms with E-state index in [2.05, 4.69) is 10.6 Å². The fourth-order valence-electron chi connectivity index (χ4n) is 3.75. The van der Waals surface area contributed by atoms with Gasteiger partial charge in [-0.3, -0.25) is 4.79 Å². The van der Waals surface area contributed by atoms with Crippen molar-refractivity contribution in [3.8, 4) is 0 Å². The number of anilines is 1. The summed E-state index contributed by atoms with van der Waals surface area (Å²) in [5.41, 5.74) is 3.01. The number of hydrogen-bond acceptors (Lipinski definition) is 2. The van der Waals surface area contributed by atoms with Gasteiger partial charge in [0.2, 0.25) is 0 Å². The molecule has 0 aromatic heterocycles. The van der Waals surface area contributed by atoms with Gasteiger partial charge in [-0.05, 0) is 60.4 Å². The van der Waals surface area contributed by atoms with Gasteiger partial charge in [-0.25, -0.2) is 9.18 Å². The molecule has 0 unspecified atom stereocenters. The van der Waals surface area contributed by atoms with E-state index in [1.807, 2.05) is 0 Å². The highest BCUT2D eigenvalue weighted by molar-refractivity contribution is 5.95. The predicted molar refractivity (Wildman–Crippen MR) is 101 cm³/mol. The maximum absolute atomic E-state index is 13.3. The van der Waals surface area contributed by atoms with Crippen molar-refractivity contribution >= 4 is 17.6 Å². The Hall–Kier alpha value is -2.89. The molecule has 1 fully saturated rings. The van der Waals surface area contributed by atoms with Crippen LogP contribution in [0.1, 0.15) is 47.2 Å². The summed E-state index contributed by atoms with van der Waals surface area (Å²) in [6.45, 7) is 0.851. The molecule has 0 bridgehead atoms. The Morgan fingerprint density at radius 1 is 0.963 bits per heavy atom. The first-order valence-electron chi connectivity index (χ1n) is 9.32. The van der Waals surface area contributed by atoms with Crippen LogP contribution >= 0.6 is 0 Å². The molecule has 3 amide bonds. The van der Waals surface area contributed by atoms with Gasteiger partial charge in [-0.15, -0.1) is 0 Å². The van der Waals surface area contributed by atoms with Crippen LogP contribution in [-0.4, -0.2) is 22.9 Å². The van der Waals surface area contributed by atoms with Crippen LogP contribution in [0.2, 0.25) is 0 Å². The van der Waals surface area contributed by atoms with Crippen molar-refractivity contribution in [2.45, 2.75) is 44.8 Å². The fraction of sp³-hybridized carbons (Fsp3) is 0.333. The van der Waals surface area contributed by atoms with Crippen molar-refractivity contribution < 1.29 is 14.0 Å². The maximum Gasteiger partial charge on any atom is 0.322 e. The van der Waals surface area contributed by atoms with Crippen molar-refractivity contribution in [1.29, 1.82) is 0 Å². The van der Waals surface area contributed by atoms with E-state index in [-0.39, 0.29) is 23.8 Å². The van der Waals surface area contributed by atoms with Gasteiger partial charge in [0.15, 0.2) is 0 Å². The summed E-state index contributed by atoms with van der Waals surface area (Å²) in [5.74, 6) is -0.362. The van der Waals surface area contributed by atoms with Gasteiger partial charge < -0.3 is 15.5 Å². The van der Waals surface area contributed by atoms with Crippen molar-refractivity contribution in [2.24, 2.45) is 0 Å². The molecule has 2 aromatic rings. The zero-order chi connectivity index (χ0) is 18.8. The number of nitrogens with zero attached hydrogens (tertiary/aromatic N) is 1. The van der Waals surface area contributed by atoms with Crippen LogP contribution in [0.5, 0.6) is 0 Å². The summed E-state index contributed by atoms with van der Waals surface area (Å²) in [7, 11) is 0. The molecular formula is C21H22FN3O2. The first kappa shape index (κ1) is 17.5. The lowest BCUT2D eigenvalue weighted by molar-refractivity contribution is 0.0938. The number of fused-ring (bicyclic) bond motifs is 1. The van der Waals surface area contributed by atoms with E-state index >= 15 is 0 Å². The van der Waals surface area contributed by atoms with Gasteiger partial charge >= 0.3 is 6.03 Å². The average molecular weight is 367 g/mol. The van der Waals surface area contributed by atoms with E-state index in [0.29, 0.717) is 24.3 Å². The molecule has 4 rings (SSSR count). The predicted octanol–water partition coefficient (Wildman–Crippen LogP) is 4.05. The lowest BCUT2D eigenvalue weighted by Crippen LogP contribution is -2.32. The summed E-state index contributed by atoms with van der Waals surface area (Å²) in [5, 5.41) is 5.88. The van der Waals surface area contributed by atoms with Crippen LogP contribution in [0, 0.1) is 5.82 Å². The second-order valence-corrected chi connectivity index (χ2v) is 7.23. The molecule has 1 aliphatic carbocycles. The molecule has 2 aliphatic rings. The third kappa shape index (κ3) is 3.94. The number of hydrogen-bond donors (Lipinski definition) is 2. The molecule has 2 N–H and O–H groups in total. The average Bonchev–Trinajstić information content (AvgIpc) is 3.31. The fourth-order valence-corrected chi connectivity index (χ4v) is 3.75. The van der Waals surface area contributed by atoms with Crippen LogP contribution in [0.15, 0.2) is 42.5 Å². The number of carbonyl (C=O) groups is 2. The first-order chi connectivity index (χ1) is 13.1. The molecule has 0 radical (unpaired) electrons. The van der Waals surface area contributed by atoms with Crippen molar-refractivity contribution in [3.05, 3.63) is 65.0 Å². The van der Waals surface area contributed by atoms with Gasteiger partial charge in [0.1, 0.15) is 5.82 Å². The van der Waals surface area contributed by atoms with Crippen LogP contribution in [-0.2, 0) is 13.1 Å². The monoisotopic (exact) mass is 367 g/mol. The molecule has 0 spiro atoms. The Balaban J connectivity index is 1.34. The van der Waals surface area contributed by atoms with Crippen LogP contribution in [0.25, 0.3) is 0 Å². The molecule has 2 aromatic carbocycles. The highest BCUT2D eigenvalue weighted by atomic mass is 19.1. The van der Waals surface area contributed by atoms with Gasteiger partial charge in [-0.1, -0.05) is 18.9 Å². The Morgan fingerprint density at radius 2 is 1.67 bits per heavy atom. The van der Waals surface area contributed by atoms with Gasteiger partial charge in [-0.2, -0.15) is 0 Å². The largest absolute Gasteiger partial charge is 0.349 e. The molecule has 1 heterocycles. The van der Waals surface area contributed by atoms with Gasteiger partial charge in [0.05, 0.1) is 0 Å². The SMILES string of the molecule is O=C(NC1CCCC1)c1ccc(NC(=O)N2Cc3ccc(F)cc3C2)cc1. The van der Waals surface area contributed by atoms with E-state index in [1.165, 1.54) is 25.0 Å². The Kier molecular flexibility index (Phi) is 4.79. The highest BCUT2D eigenvalue weighted by Crippen LogP contribution is 2.24. The summed E-state index contributed by atoms with van der Waals surface area (Å²) < 4.78 is 13.3. The highest BCUT2D eigenvalue weighted by Gasteiger charge is 2.24. The van der Waals surface area contributed by atoms with Crippen LogP contribution < -0.4 is 10.6 Å². The Labute approximate surface area is 157 Å². The van der Waals surface area contributed by atoms with Crippen LogP contribution in [0.3, 0.4) is 0 Å². The Morgan fingerprint density at radius 3 is 2.41 bits per heavy atom. The molecule has 1 saturated carbocycles. The summed E-state index contributed by atoms with van der Waals surface area (Å²) in [6, 6.07) is 11.5. The lowest BCUT2D eigenvalue weighted by atomic mass is 10.1. The van der Waals surface area contributed by atoms with Gasteiger partial charge in [0.25, 0.3) is 5.91 Å². The summed E-state index contributed by atoms with van der Waals surface area (Å²) in [6.07, 6.45) is 4.43. The number of rotatable bonds is 3. The molecule has 6 heteroatoms. The number of nitrogens with one attached hydrogen (secondary N) is 2.